The maximum Gasteiger partial charge on any atom is 0.270 e. The van der Waals surface area contributed by atoms with E-state index in [1.807, 2.05) is 0 Å². The van der Waals surface area contributed by atoms with Crippen LogP contribution in [0.2, 0.25) is 0 Å². The first-order valence-corrected chi connectivity index (χ1v) is 10.7. The van der Waals surface area contributed by atoms with E-state index in [2.05, 4.69) is 15.2 Å². The summed E-state index contributed by atoms with van der Waals surface area (Å²) < 4.78 is 38.8. The van der Waals surface area contributed by atoms with E-state index < -0.39 is 14.9 Å². The lowest BCUT2D eigenvalue weighted by atomic mass is 10.2. The Morgan fingerprint density at radius 1 is 0.969 bits per heavy atom. The van der Waals surface area contributed by atoms with Crippen LogP contribution in [0.15, 0.2) is 76.7 Å². The molecule has 2 N–H and O–H groups in total. The summed E-state index contributed by atoms with van der Waals surface area (Å²) in [4.78, 5) is 10.2. The molecule has 11 heteroatoms. The summed E-state index contributed by atoms with van der Waals surface area (Å²) in [6.45, 7) is 0. The van der Waals surface area contributed by atoms with E-state index in [0.717, 1.165) is 11.6 Å². The number of nitro benzene ring substituents is 1. The smallest absolute Gasteiger partial charge is 0.270 e. The molecule has 166 valence electrons. The third kappa shape index (κ3) is 5.32. The molecule has 3 aromatic carbocycles. The number of anilines is 2. The van der Waals surface area contributed by atoms with Gasteiger partial charge in [-0.15, -0.1) is 0 Å². The number of hydrogen-bond acceptors (Lipinski definition) is 8. The SMILES string of the molecule is COc1ccc(/C=N/Nc2ccc([N+](=O)[O-])cc2S(=O)(=O)Nc2ccccc2OC)cc1. The molecule has 10 nitrogen and oxygen atoms in total. The number of nitro groups is 1. The minimum absolute atomic E-state index is 0.0581. The fourth-order valence-corrected chi connectivity index (χ4v) is 3.98. The molecule has 0 unspecified atom stereocenters. The second-order valence-corrected chi connectivity index (χ2v) is 8.04. The highest BCUT2D eigenvalue weighted by molar-refractivity contribution is 7.93. The van der Waals surface area contributed by atoms with E-state index in [1.165, 1.54) is 31.5 Å². The highest BCUT2D eigenvalue weighted by Crippen LogP contribution is 2.31. The summed E-state index contributed by atoms with van der Waals surface area (Å²) in [5.41, 5.74) is 3.24. The molecule has 0 radical (unpaired) electrons. The summed E-state index contributed by atoms with van der Waals surface area (Å²) in [6.07, 6.45) is 1.48. The Bertz CT molecular complexity index is 1240. The van der Waals surface area contributed by atoms with Gasteiger partial charge < -0.3 is 9.47 Å². The number of methoxy groups -OCH3 is 2. The standard InChI is InChI=1S/C21H20N4O6S/c1-30-17-10-7-15(8-11-17)14-22-23-19-12-9-16(25(26)27)13-21(19)32(28,29)24-18-5-3-4-6-20(18)31-2/h3-14,23-24H,1-2H3/b22-14+. The summed E-state index contributed by atoms with van der Waals surface area (Å²) >= 11 is 0. The van der Waals surface area contributed by atoms with Gasteiger partial charge in [0, 0.05) is 12.1 Å². The van der Waals surface area contributed by atoms with Crippen molar-refractivity contribution in [1.82, 2.24) is 0 Å². The van der Waals surface area contributed by atoms with Crippen molar-refractivity contribution in [3.8, 4) is 11.5 Å². The molecular formula is C21H20N4O6S. The van der Waals surface area contributed by atoms with Crippen LogP contribution in [0, 0.1) is 10.1 Å². The van der Waals surface area contributed by atoms with Gasteiger partial charge in [0.25, 0.3) is 15.7 Å². The largest absolute Gasteiger partial charge is 0.497 e. The van der Waals surface area contributed by atoms with Crippen LogP contribution in [0.3, 0.4) is 0 Å². The number of ether oxygens (including phenoxy) is 2. The fourth-order valence-electron chi connectivity index (χ4n) is 2.73. The Labute approximate surface area is 184 Å². The van der Waals surface area contributed by atoms with Gasteiger partial charge in [0.1, 0.15) is 16.4 Å². The maximum absolute atomic E-state index is 13.1. The van der Waals surface area contributed by atoms with Crippen molar-refractivity contribution in [2.45, 2.75) is 4.90 Å². The molecule has 0 saturated carbocycles. The van der Waals surface area contributed by atoms with Crippen molar-refractivity contribution < 1.29 is 22.8 Å². The molecule has 0 aliphatic heterocycles. The van der Waals surface area contributed by atoms with Gasteiger partial charge in [0.2, 0.25) is 0 Å². The molecule has 0 aliphatic carbocycles. The van der Waals surface area contributed by atoms with E-state index in [4.69, 9.17) is 9.47 Å². The Kier molecular flexibility index (Phi) is 6.90. The Morgan fingerprint density at radius 2 is 1.69 bits per heavy atom. The number of benzene rings is 3. The summed E-state index contributed by atoms with van der Waals surface area (Å²) in [6, 6.07) is 16.9. The van der Waals surface area contributed by atoms with E-state index in [-0.39, 0.29) is 22.0 Å². The van der Waals surface area contributed by atoms with Gasteiger partial charge in [-0.2, -0.15) is 5.10 Å². The summed E-state index contributed by atoms with van der Waals surface area (Å²) in [7, 11) is -1.26. The first-order chi connectivity index (χ1) is 15.3. The lowest BCUT2D eigenvalue weighted by Crippen LogP contribution is -2.15. The number of para-hydroxylation sites is 2. The molecule has 32 heavy (non-hydrogen) atoms. The number of hydrazone groups is 1. The van der Waals surface area contributed by atoms with Crippen LogP contribution in [0.1, 0.15) is 5.56 Å². The molecule has 0 heterocycles. The molecule has 0 aliphatic rings. The van der Waals surface area contributed by atoms with Crippen molar-refractivity contribution in [3.63, 3.8) is 0 Å². The molecule has 0 fully saturated rings. The van der Waals surface area contributed by atoms with Gasteiger partial charge in [-0.3, -0.25) is 20.3 Å². The molecule has 0 saturated heterocycles. The van der Waals surface area contributed by atoms with E-state index >= 15 is 0 Å². The second-order valence-electron chi connectivity index (χ2n) is 6.39. The average Bonchev–Trinajstić information content (AvgIpc) is 2.79. The summed E-state index contributed by atoms with van der Waals surface area (Å²) in [5, 5.41) is 15.3. The predicted octanol–water partition coefficient (Wildman–Crippen LogP) is 3.86. The van der Waals surface area contributed by atoms with E-state index in [0.29, 0.717) is 11.5 Å². The first kappa shape index (κ1) is 22.6. The molecule has 0 amide bonds. The van der Waals surface area contributed by atoms with Crippen LogP contribution >= 0.6 is 0 Å². The number of non-ortho nitro benzene ring substituents is 1. The molecular weight excluding hydrogens is 436 g/mol. The van der Waals surface area contributed by atoms with Crippen LogP contribution in [0.4, 0.5) is 17.1 Å². The third-order valence-corrected chi connectivity index (χ3v) is 5.74. The second kappa shape index (κ2) is 9.79. The van der Waals surface area contributed by atoms with E-state index in [9.17, 15) is 18.5 Å². The average molecular weight is 456 g/mol. The van der Waals surface area contributed by atoms with Crippen molar-refractivity contribution in [2.24, 2.45) is 5.10 Å². The van der Waals surface area contributed by atoms with Gasteiger partial charge in [-0.25, -0.2) is 8.42 Å². The van der Waals surface area contributed by atoms with Crippen molar-refractivity contribution in [3.05, 3.63) is 82.4 Å². The molecule has 0 aromatic heterocycles. The van der Waals surface area contributed by atoms with Gasteiger partial charge in [-0.05, 0) is 48.0 Å². The highest BCUT2D eigenvalue weighted by Gasteiger charge is 2.23. The maximum atomic E-state index is 13.1. The first-order valence-electron chi connectivity index (χ1n) is 9.21. The predicted molar refractivity (Wildman–Crippen MR) is 121 cm³/mol. The molecule has 0 bridgehead atoms. The van der Waals surface area contributed by atoms with Gasteiger partial charge in [0.05, 0.1) is 36.7 Å². The number of sulfonamides is 1. The third-order valence-electron chi connectivity index (χ3n) is 4.33. The number of nitrogens with one attached hydrogen (secondary N) is 2. The molecule has 0 atom stereocenters. The normalized spacial score (nSPS) is 11.2. The monoisotopic (exact) mass is 456 g/mol. The topological polar surface area (TPSA) is 132 Å². The number of nitrogens with zero attached hydrogens (tertiary/aromatic N) is 2. The zero-order valence-electron chi connectivity index (χ0n) is 17.2. The van der Waals surface area contributed by atoms with Gasteiger partial charge in [-0.1, -0.05) is 12.1 Å². The number of rotatable bonds is 9. The Morgan fingerprint density at radius 3 is 2.34 bits per heavy atom. The van der Waals surface area contributed by atoms with Gasteiger partial charge in [0.15, 0.2) is 0 Å². The van der Waals surface area contributed by atoms with Crippen molar-refractivity contribution in [2.75, 3.05) is 24.4 Å². The van der Waals surface area contributed by atoms with Crippen LogP contribution in [0.25, 0.3) is 0 Å². The Balaban J connectivity index is 1.93. The van der Waals surface area contributed by atoms with Crippen LogP contribution in [0.5, 0.6) is 11.5 Å². The number of hydrogen-bond donors (Lipinski definition) is 2. The lowest BCUT2D eigenvalue weighted by molar-refractivity contribution is -0.385. The fraction of sp³-hybridized carbons (Fsp3) is 0.0952. The summed E-state index contributed by atoms with van der Waals surface area (Å²) in [5.74, 6) is 0.981. The zero-order valence-corrected chi connectivity index (χ0v) is 18.0. The molecule has 3 aromatic rings. The molecule has 0 spiro atoms. The quantitative estimate of drug-likeness (QED) is 0.284. The van der Waals surface area contributed by atoms with Crippen molar-refractivity contribution >= 4 is 33.3 Å². The van der Waals surface area contributed by atoms with Gasteiger partial charge >= 0.3 is 0 Å². The minimum atomic E-state index is -4.22. The van der Waals surface area contributed by atoms with Crippen molar-refractivity contribution in [1.29, 1.82) is 0 Å². The molecule has 3 rings (SSSR count). The van der Waals surface area contributed by atoms with Crippen LogP contribution in [-0.2, 0) is 10.0 Å². The zero-order chi connectivity index (χ0) is 23.1. The van der Waals surface area contributed by atoms with Crippen LogP contribution < -0.4 is 19.6 Å². The van der Waals surface area contributed by atoms with E-state index in [1.54, 1.807) is 49.6 Å². The highest BCUT2D eigenvalue weighted by atomic mass is 32.2. The Hall–Kier alpha value is -4.12. The van der Waals surface area contributed by atoms with Crippen LogP contribution in [-0.4, -0.2) is 33.8 Å². The lowest BCUT2D eigenvalue weighted by Gasteiger charge is -2.14. The minimum Gasteiger partial charge on any atom is -0.497 e.